The van der Waals surface area contributed by atoms with Crippen molar-refractivity contribution in [2.45, 2.75) is 57.9 Å². The van der Waals surface area contributed by atoms with Crippen molar-refractivity contribution in [1.29, 1.82) is 0 Å². The van der Waals surface area contributed by atoms with E-state index in [4.69, 9.17) is 0 Å². The first-order chi connectivity index (χ1) is 8.96. The minimum atomic E-state index is -0.135. The van der Waals surface area contributed by atoms with E-state index in [2.05, 4.69) is 26.1 Å². The first-order valence-corrected chi connectivity index (χ1v) is 7.46. The molecule has 2 rings (SSSR count). The average Bonchev–Trinajstić information content (AvgIpc) is 2.37. The third-order valence-electron chi connectivity index (χ3n) is 4.10. The third-order valence-corrected chi connectivity index (χ3v) is 4.10. The molecule has 0 aromatic heterocycles. The number of nitrogens with one attached hydrogen (secondary N) is 1. The molecule has 1 nitrogen and oxygen atoms in total. The molecule has 0 bridgehead atoms. The highest BCUT2D eigenvalue weighted by molar-refractivity contribution is 5.22. The number of rotatable bonds is 3. The molecule has 1 fully saturated rings. The largest absolute Gasteiger partial charge is 0.312 e. The lowest BCUT2D eigenvalue weighted by molar-refractivity contribution is 0.269. The molecule has 1 aromatic carbocycles. The Morgan fingerprint density at radius 3 is 2.37 bits per heavy atom. The van der Waals surface area contributed by atoms with Crippen molar-refractivity contribution in [2.75, 3.05) is 6.54 Å². The van der Waals surface area contributed by atoms with Gasteiger partial charge in [-0.05, 0) is 69.7 Å². The highest BCUT2D eigenvalue weighted by Gasteiger charge is 2.27. The molecule has 1 N–H and O–H groups in total. The summed E-state index contributed by atoms with van der Waals surface area (Å²) in [6, 6.07) is 7.13. The molecule has 0 heterocycles. The van der Waals surface area contributed by atoms with Gasteiger partial charge in [-0.3, -0.25) is 0 Å². The van der Waals surface area contributed by atoms with Crippen molar-refractivity contribution in [3.8, 4) is 0 Å². The molecule has 0 saturated heterocycles. The summed E-state index contributed by atoms with van der Waals surface area (Å²) in [4.78, 5) is 0. The molecule has 0 radical (unpaired) electrons. The summed E-state index contributed by atoms with van der Waals surface area (Å²) >= 11 is 0. The number of benzene rings is 1. The normalized spacial score (nSPS) is 24.4. The molecule has 2 unspecified atom stereocenters. The summed E-state index contributed by atoms with van der Waals surface area (Å²) in [5.74, 6) is 1.13. The van der Waals surface area contributed by atoms with E-state index in [1.807, 2.05) is 12.1 Å². The van der Waals surface area contributed by atoms with Gasteiger partial charge in [0.25, 0.3) is 0 Å². The van der Waals surface area contributed by atoms with E-state index >= 15 is 0 Å². The Morgan fingerprint density at radius 2 is 1.74 bits per heavy atom. The summed E-state index contributed by atoms with van der Waals surface area (Å²) in [6.07, 6.45) is 5.15. The Morgan fingerprint density at radius 1 is 1.11 bits per heavy atom. The van der Waals surface area contributed by atoms with E-state index in [-0.39, 0.29) is 11.4 Å². The molecule has 1 saturated carbocycles. The van der Waals surface area contributed by atoms with Gasteiger partial charge in [0.05, 0.1) is 0 Å². The zero-order valence-corrected chi connectivity index (χ0v) is 12.4. The van der Waals surface area contributed by atoms with Gasteiger partial charge in [-0.1, -0.05) is 25.0 Å². The van der Waals surface area contributed by atoms with E-state index < -0.39 is 0 Å². The minimum absolute atomic E-state index is 0.135. The van der Waals surface area contributed by atoms with Crippen molar-refractivity contribution in [1.82, 2.24) is 5.32 Å². The molecular formula is C17H26FN. The Hall–Kier alpha value is -0.890. The van der Waals surface area contributed by atoms with E-state index in [1.54, 1.807) is 12.1 Å². The quantitative estimate of drug-likeness (QED) is 0.847. The van der Waals surface area contributed by atoms with Gasteiger partial charge in [-0.2, -0.15) is 0 Å². The molecule has 0 aliphatic heterocycles. The Labute approximate surface area is 116 Å². The van der Waals surface area contributed by atoms with Crippen molar-refractivity contribution in [3.05, 3.63) is 35.6 Å². The molecule has 106 valence electrons. The lowest BCUT2D eigenvalue weighted by Crippen LogP contribution is -2.41. The van der Waals surface area contributed by atoms with Crippen LogP contribution >= 0.6 is 0 Å². The van der Waals surface area contributed by atoms with E-state index in [0.29, 0.717) is 11.8 Å². The van der Waals surface area contributed by atoms with Gasteiger partial charge in [-0.15, -0.1) is 0 Å². The predicted molar refractivity (Wildman–Crippen MR) is 78.9 cm³/mol. The Kier molecular flexibility index (Phi) is 4.62. The van der Waals surface area contributed by atoms with Gasteiger partial charge in [0.2, 0.25) is 0 Å². The second-order valence-corrected chi connectivity index (χ2v) is 6.83. The highest BCUT2D eigenvalue weighted by Crippen LogP contribution is 2.37. The maximum absolute atomic E-state index is 13.0. The number of hydrogen-bond acceptors (Lipinski definition) is 1. The summed E-state index contributed by atoms with van der Waals surface area (Å²) in [7, 11) is 0. The molecule has 2 atom stereocenters. The topological polar surface area (TPSA) is 12.0 Å². The molecule has 1 aromatic rings. The van der Waals surface area contributed by atoms with Crippen LogP contribution in [0.2, 0.25) is 0 Å². The van der Waals surface area contributed by atoms with Gasteiger partial charge < -0.3 is 5.32 Å². The van der Waals surface area contributed by atoms with Crippen molar-refractivity contribution >= 4 is 0 Å². The standard InChI is InChI=1S/C17H26FN/c1-17(2,3)19-12-14-6-4-5-7-16(14)13-8-10-15(18)11-9-13/h8-11,14,16,19H,4-7,12H2,1-3H3. The Balaban J connectivity index is 2.05. The first kappa shape index (κ1) is 14.5. The second kappa shape index (κ2) is 6.04. The van der Waals surface area contributed by atoms with Gasteiger partial charge >= 0.3 is 0 Å². The van der Waals surface area contributed by atoms with Crippen LogP contribution in [0, 0.1) is 11.7 Å². The maximum atomic E-state index is 13.0. The Bertz CT molecular complexity index is 391. The second-order valence-electron chi connectivity index (χ2n) is 6.83. The van der Waals surface area contributed by atoms with Crippen LogP contribution in [0.25, 0.3) is 0 Å². The van der Waals surface area contributed by atoms with Crippen LogP contribution in [-0.2, 0) is 0 Å². The van der Waals surface area contributed by atoms with E-state index in [0.717, 1.165) is 6.54 Å². The summed E-state index contributed by atoms with van der Waals surface area (Å²) in [6.45, 7) is 7.69. The van der Waals surface area contributed by atoms with Crippen LogP contribution in [0.15, 0.2) is 24.3 Å². The van der Waals surface area contributed by atoms with Crippen LogP contribution in [0.3, 0.4) is 0 Å². The van der Waals surface area contributed by atoms with Crippen molar-refractivity contribution in [2.24, 2.45) is 5.92 Å². The zero-order valence-electron chi connectivity index (χ0n) is 12.4. The van der Waals surface area contributed by atoms with Gasteiger partial charge in [0, 0.05) is 5.54 Å². The SMILES string of the molecule is CC(C)(C)NCC1CCCCC1c1ccc(F)cc1. The fourth-order valence-corrected chi connectivity index (χ4v) is 3.04. The number of halogens is 1. The van der Waals surface area contributed by atoms with Crippen LogP contribution < -0.4 is 5.32 Å². The monoisotopic (exact) mass is 263 g/mol. The lowest BCUT2D eigenvalue weighted by atomic mass is 9.75. The smallest absolute Gasteiger partial charge is 0.123 e. The molecule has 19 heavy (non-hydrogen) atoms. The number of hydrogen-bond donors (Lipinski definition) is 1. The van der Waals surface area contributed by atoms with Gasteiger partial charge in [0.1, 0.15) is 5.82 Å². The molecular weight excluding hydrogens is 237 g/mol. The fourth-order valence-electron chi connectivity index (χ4n) is 3.04. The molecule has 0 amide bonds. The van der Waals surface area contributed by atoms with Gasteiger partial charge in [-0.25, -0.2) is 4.39 Å². The minimum Gasteiger partial charge on any atom is -0.312 e. The van der Waals surface area contributed by atoms with Crippen LogP contribution in [0.4, 0.5) is 4.39 Å². The third kappa shape index (κ3) is 4.31. The molecule has 0 spiro atoms. The highest BCUT2D eigenvalue weighted by atomic mass is 19.1. The molecule has 2 heteroatoms. The van der Waals surface area contributed by atoms with E-state index in [1.165, 1.54) is 31.2 Å². The first-order valence-electron chi connectivity index (χ1n) is 7.46. The zero-order chi connectivity index (χ0) is 13.9. The van der Waals surface area contributed by atoms with Crippen molar-refractivity contribution < 1.29 is 4.39 Å². The van der Waals surface area contributed by atoms with Gasteiger partial charge in [0.15, 0.2) is 0 Å². The molecule has 1 aliphatic rings. The molecule has 1 aliphatic carbocycles. The summed E-state index contributed by atoms with van der Waals surface area (Å²) in [5.41, 5.74) is 1.48. The summed E-state index contributed by atoms with van der Waals surface area (Å²) < 4.78 is 13.0. The van der Waals surface area contributed by atoms with E-state index in [9.17, 15) is 4.39 Å². The predicted octanol–water partition coefficient (Wildman–Crippen LogP) is 4.49. The fraction of sp³-hybridized carbons (Fsp3) is 0.647. The maximum Gasteiger partial charge on any atom is 0.123 e. The van der Waals surface area contributed by atoms with Crippen molar-refractivity contribution in [3.63, 3.8) is 0 Å². The van der Waals surface area contributed by atoms with Crippen LogP contribution in [0.1, 0.15) is 57.9 Å². The van der Waals surface area contributed by atoms with Crippen LogP contribution in [-0.4, -0.2) is 12.1 Å². The summed E-state index contributed by atoms with van der Waals surface area (Å²) in [5, 5.41) is 3.63. The van der Waals surface area contributed by atoms with Crippen LogP contribution in [0.5, 0.6) is 0 Å². The lowest BCUT2D eigenvalue weighted by Gasteiger charge is -2.34. The average molecular weight is 263 g/mol.